The summed E-state index contributed by atoms with van der Waals surface area (Å²) in [5, 5.41) is 15.8. The second kappa shape index (κ2) is 5.66. The van der Waals surface area contributed by atoms with Gasteiger partial charge in [-0.15, -0.1) is 0 Å². The largest absolute Gasteiger partial charge is 0.396 e. The summed E-state index contributed by atoms with van der Waals surface area (Å²) < 4.78 is 1.85. The summed E-state index contributed by atoms with van der Waals surface area (Å²) >= 11 is 0. The number of nitrogens with zero attached hydrogens (tertiary/aromatic N) is 3. The van der Waals surface area contributed by atoms with Crippen molar-refractivity contribution in [2.24, 2.45) is 0 Å². The SMILES string of the molecule is CCn1ncnc1CNCCCO. The van der Waals surface area contributed by atoms with Gasteiger partial charge in [-0.3, -0.25) is 0 Å². The molecule has 0 bridgehead atoms. The minimum Gasteiger partial charge on any atom is -0.396 e. The van der Waals surface area contributed by atoms with Crippen LogP contribution in [0.5, 0.6) is 0 Å². The van der Waals surface area contributed by atoms with E-state index in [9.17, 15) is 0 Å². The van der Waals surface area contributed by atoms with Gasteiger partial charge in [0.25, 0.3) is 0 Å². The Morgan fingerprint density at radius 2 is 2.46 bits per heavy atom. The third-order valence-electron chi connectivity index (χ3n) is 1.79. The predicted octanol–water partition coefficient (Wildman–Crippen LogP) is -0.230. The molecule has 1 aromatic rings. The second-order valence-corrected chi connectivity index (χ2v) is 2.75. The van der Waals surface area contributed by atoms with E-state index in [-0.39, 0.29) is 6.61 Å². The third-order valence-corrected chi connectivity index (χ3v) is 1.79. The molecule has 1 aromatic heterocycles. The number of aryl methyl sites for hydroxylation is 1. The quantitative estimate of drug-likeness (QED) is 0.599. The summed E-state index contributed by atoms with van der Waals surface area (Å²) in [5.74, 6) is 0.945. The Morgan fingerprint density at radius 3 is 3.15 bits per heavy atom. The number of aliphatic hydroxyl groups is 1. The van der Waals surface area contributed by atoms with Crippen molar-refractivity contribution in [3.8, 4) is 0 Å². The van der Waals surface area contributed by atoms with Gasteiger partial charge in [-0.05, 0) is 19.9 Å². The summed E-state index contributed by atoms with van der Waals surface area (Å²) in [6.45, 7) is 4.64. The van der Waals surface area contributed by atoms with Gasteiger partial charge in [0, 0.05) is 13.2 Å². The van der Waals surface area contributed by atoms with Crippen LogP contribution < -0.4 is 5.32 Å². The second-order valence-electron chi connectivity index (χ2n) is 2.75. The van der Waals surface area contributed by atoms with E-state index in [1.54, 1.807) is 6.33 Å². The predicted molar refractivity (Wildman–Crippen MR) is 49.1 cm³/mol. The van der Waals surface area contributed by atoms with E-state index in [0.29, 0.717) is 6.54 Å². The molecular weight excluding hydrogens is 168 g/mol. The highest BCUT2D eigenvalue weighted by atomic mass is 16.3. The Labute approximate surface area is 77.8 Å². The lowest BCUT2D eigenvalue weighted by Crippen LogP contribution is -2.19. The van der Waals surface area contributed by atoms with E-state index in [0.717, 1.165) is 25.3 Å². The molecule has 1 rings (SSSR count). The average Bonchev–Trinajstić information content (AvgIpc) is 2.60. The van der Waals surface area contributed by atoms with Gasteiger partial charge >= 0.3 is 0 Å². The van der Waals surface area contributed by atoms with Gasteiger partial charge in [0.15, 0.2) is 0 Å². The third kappa shape index (κ3) is 3.12. The standard InChI is InChI=1S/C8H16N4O/c1-2-12-8(10-7-11-12)6-9-4-3-5-13/h7,9,13H,2-6H2,1H3. The Bertz CT molecular complexity index is 236. The van der Waals surface area contributed by atoms with Crippen molar-refractivity contribution < 1.29 is 5.11 Å². The van der Waals surface area contributed by atoms with Crippen LogP contribution in [-0.2, 0) is 13.1 Å². The average molecular weight is 184 g/mol. The molecule has 74 valence electrons. The van der Waals surface area contributed by atoms with Gasteiger partial charge < -0.3 is 10.4 Å². The van der Waals surface area contributed by atoms with Crippen molar-refractivity contribution in [3.63, 3.8) is 0 Å². The van der Waals surface area contributed by atoms with E-state index in [1.165, 1.54) is 0 Å². The first-order valence-corrected chi connectivity index (χ1v) is 4.56. The van der Waals surface area contributed by atoms with Crippen LogP contribution in [0.2, 0.25) is 0 Å². The lowest BCUT2D eigenvalue weighted by Gasteiger charge is -2.03. The van der Waals surface area contributed by atoms with Crippen molar-refractivity contribution in [2.45, 2.75) is 26.4 Å². The van der Waals surface area contributed by atoms with Gasteiger partial charge in [-0.25, -0.2) is 9.67 Å². The molecule has 0 saturated heterocycles. The van der Waals surface area contributed by atoms with Crippen LogP contribution in [0.25, 0.3) is 0 Å². The lowest BCUT2D eigenvalue weighted by molar-refractivity contribution is 0.285. The highest BCUT2D eigenvalue weighted by Gasteiger charge is 2.00. The zero-order valence-electron chi connectivity index (χ0n) is 7.90. The highest BCUT2D eigenvalue weighted by Crippen LogP contribution is 1.92. The van der Waals surface area contributed by atoms with Gasteiger partial charge in [0.1, 0.15) is 12.2 Å². The van der Waals surface area contributed by atoms with Gasteiger partial charge in [0.2, 0.25) is 0 Å². The van der Waals surface area contributed by atoms with Gasteiger partial charge in [-0.1, -0.05) is 0 Å². The first kappa shape index (κ1) is 10.1. The normalized spacial score (nSPS) is 10.6. The van der Waals surface area contributed by atoms with E-state index in [1.807, 2.05) is 11.6 Å². The maximum atomic E-state index is 8.55. The van der Waals surface area contributed by atoms with E-state index in [2.05, 4.69) is 15.4 Å². The van der Waals surface area contributed by atoms with Crippen molar-refractivity contribution in [3.05, 3.63) is 12.2 Å². The molecule has 0 aliphatic rings. The lowest BCUT2D eigenvalue weighted by atomic mass is 10.4. The van der Waals surface area contributed by atoms with Crippen molar-refractivity contribution in [2.75, 3.05) is 13.2 Å². The zero-order chi connectivity index (χ0) is 9.52. The molecule has 0 unspecified atom stereocenters. The Morgan fingerprint density at radius 1 is 1.62 bits per heavy atom. The van der Waals surface area contributed by atoms with Crippen LogP contribution in [0.1, 0.15) is 19.2 Å². The molecule has 0 radical (unpaired) electrons. The van der Waals surface area contributed by atoms with E-state index in [4.69, 9.17) is 5.11 Å². The number of aromatic nitrogens is 3. The number of rotatable bonds is 6. The molecule has 0 aromatic carbocycles. The van der Waals surface area contributed by atoms with Crippen molar-refractivity contribution in [1.29, 1.82) is 0 Å². The molecule has 2 N–H and O–H groups in total. The fourth-order valence-electron chi connectivity index (χ4n) is 1.09. The maximum Gasteiger partial charge on any atom is 0.140 e. The molecule has 1 heterocycles. The monoisotopic (exact) mass is 184 g/mol. The van der Waals surface area contributed by atoms with Crippen LogP contribution in [-0.4, -0.2) is 33.0 Å². The maximum absolute atomic E-state index is 8.55. The van der Waals surface area contributed by atoms with E-state index < -0.39 is 0 Å². The Kier molecular flexibility index (Phi) is 4.42. The molecular formula is C8H16N4O. The molecule has 0 atom stereocenters. The minimum absolute atomic E-state index is 0.230. The summed E-state index contributed by atoms with van der Waals surface area (Å²) in [4.78, 5) is 4.11. The van der Waals surface area contributed by atoms with Crippen LogP contribution in [0.15, 0.2) is 6.33 Å². The van der Waals surface area contributed by atoms with Crippen molar-refractivity contribution in [1.82, 2.24) is 20.1 Å². The Balaban J connectivity index is 2.27. The number of hydrogen-bond donors (Lipinski definition) is 2. The summed E-state index contributed by atoms with van der Waals surface area (Å²) in [6, 6.07) is 0. The molecule has 0 spiro atoms. The first-order valence-electron chi connectivity index (χ1n) is 4.56. The van der Waals surface area contributed by atoms with E-state index >= 15 is 0 Å². The van der Waals surface area contributed by atoms with Crippen molar-refractivity contribution >= 4 is 0 Å². The molecule has 13 heavy (non-hydrogen) atoms. The summed E-state index contributed by atoms with van der Waals surface area (Å²) in [5.41, 5.74) is 0. The molecule has 0 aliphatic heterocycles. The van der Waals surface area contributed by atoms with Gasteiger partial charge in [-0.2, -0.15) is 5.10 Å². The molecule has 5 heteroatoms. The first-order chi connectivity index (χ1) is 6.38. The summed E-state index contributed by atoms with van der Waals surface area (Å²) in [6.07, 6.45) is 2.34. The summed E-state index contributed by atoms with van der Waals surface area (Å²) in [7, 11) is 0. The molecule has 0 saturated carbocycles. The van der Waals surface area contributed by atoms with Crippen LogP contribution >= 0.6 is 0 Å². The number of hydrogen-bond acceptors (Lipinski definition) is 4. The molecule has 0 amide bonds. The number of nitrogens with one attached hydrogen (secondary N) is 1. The fraction of sp³-hybridized carbons (Fsp3) is 0.750. The zero-order valence-corrected chi connectivity index (χ0v) is 7.90. The Hall–Kier alpha value is -0.940. The smallest absolute Gasteiger partial charge is 0.140 e. The molecule has 5 nitrogen and oxygen atoms in total. The van der Waals surface area contributed by atoms with Crippen LogP contribution in [0.4, 0.5) is 0 Å². The topological polar surface area (TPSA) is 63.0 Å². The van der Waals surface area contributed by atoms with Gasteiger partial charge in [0.05, 0.1) is 6.54 Å². The van der Waals surface area contributed by atoms with Crippen LogP contribution in [0.3, 0.4) is 0 Å². The molecule has 0 fully saturated rings. The van der Waals surface area contributed by atoms with Crippen LogP contribution in [0, 0.1) is 0 Å². The highest BCUT2D eigenvalue weighted by molar-refractivity contribution is 4.82. The minimum atomic E-state index is 0.230. The fourth-order valence-corrected chi connectivity index (χ4v) is 1.09. The number of aliphatic hydroxyl groups excluding tert-OH is 1. The molecule has 0 aliphatic carbocycles.